The minimum absolute atomic E-state index is 0.105. The molecule has 2 rings (SSSR count). The van der Waals surface area contributed by atoms with Gasteiger partial charge in [-0.3, -0.25) is 19.5 Å². The highest BCUT2D eigenvalue weighted by Crippen LogP contribution is 2.23. The van der Waals surface area contributed by atoms with Crippen molar-refractivity contribution >= 4 is 21.4 Å². The molecule has 0 amide bonds. The van der Waals surface area contributed by atoms with Crippen molar-refractivity contribution in [2.75, 3.05) is 4.72 Å². The summed E-state index contributed by atoms with van der Waals surface area (Å²) in [5, 5.41) is 14.6. The van der Waals surface area contributed by atoms with Gasteiger partial charge >= 0.3 is 0 Å². The Morgan fingerprint density at radius 1 is 1.24 bits per heavy atom. The SMILES string of the molecule is Cc1nn(C)c(C)c1S(=O)(=O)Nc1ccc([N+](=O)[O-])cc1. The van der Waals surface area contributed by atoms with E-state index in [1.165, 1.54) is 28.9 Å². The van der Waals surface area contributed by atoms with Crippen LogP contribution in [-0.2, 0) is 17.1 Å². The number of sulfonamides is 1. The third-order valence-electron chi connectivity index (χ3n) is 3.04. The fourth-order valence-corrected chi connectivity index (χ4v) is 3.50. The largest absolute Gasteiger partial charge is 0.280 e. The zero-order chi connectivity index (χ0) is 15.8. The molecule has 0 unspecified atom stereocenters. The van der Waals surface area contributed by atoms with E-state index in [1.807, 2.05) is 0 Å². The smallest absolute Gasteiger partial charge is 0.269 e. The summed E-state index contributed by atoms with van der Waals surface area (Å²) in [6, 6.07) is 5.16. The molecule has 1 aromatic carbocycles. The summed E-state index contributed by atoms with van der Waals surface area (Å²) in [5.74, 6) is 0. The highest BCUT2D eigenvalue weighted by molar-refractivity contribution is 7.92. The molecule has 0 aliphatic heterocycles. The maximum absolute atomic E-state index is 12.4. The second-order valence-corrected chi connectivity index (χ2v) is 6.15. The quantitative estimate of drug-likeness (QED) is 0.683. The Bertz CT molecular complexity index is 793. The van der Waals surface area contributed by atoms with E-state index >= 15 is 0 Å². The monoisotopic (exact) mass is 310 g/mol. The zero-order valence-electron chi connectivity index (χ0n) is 11.7. The van der Waals surface area contributed by atoms with E-state index < -0.39 is 14.9 Å². The molecule has 2 aromatic rings. The third-order valence-corrected chi connectivity index (χ3v) is 4.67. The summed E-state index contributed by atoms with van der Waals surface area (Å²) in [4.78, 5) is 10.1. The first-order valence-electron chi connectivity index (χ1n) is 6.00. The summed E-state index contributed by atoms with van der Waals surface area (Å²) in [5.41, 5.74) is 1.06. The second kappa shape index (κ2) is 5.17. The molecule has 0 saturated heterocycles. The molecule has 21 heavy (non-hydrogen) atoms. The Morgan fingerprint density at radius 3 is 2.24 bits per heavy atom. The number of hydrogen-bond acceptors (Lipinski definition) is 5. The molecule has 0 aliphatic carbocycles. The number of nitrogens with zero attached hydrogens (tertiary/aromatic N) is 3. The Kier molecular flexibility index (Phi) is 3.69. The van der Waals surface area contributed by atoms with Crippen LogP contribution in [0.5, 0.6) is 0 Å². The molecular formula is C12H14N4O4S. The van der Waals surface area contributed by atoms with Gasteiger partial charge in [0.25, 0.3) is 15.7 Å². The van der Waals surface area contributed by atoms with Gasteiger partial charge in [-0.25, -0.2) is 8.42 Å². The fourth-order valence-electron chi connectivity index (χ4n) is 2.00. The summed E-state index contributed by atoms with van der Waals surface area (Å²) >= 11 is 0. The van der Waals surface area contributed by atoms with Crippen molar-refractivity contribution in [3.8, 4) is 0 Å². The van der Waals surface area contributed by atoms with Gasteiger partial charge in [0, 0.05) is 24.9 Å². The van der Waals surface area contributed by atoms with Crippen LogP contribution in [0, 0.1) is 24.0 Å². The maximum atomic E-state index is 12.4. The average Bonchev–Trinajstić information content (AvgIpc) is 2.63. The van der Waals surface area contributed by atoms with Crippen LogP contribution >= 0.6 is 0 Å². The first-order chi connectivity index (χ1) is 9.72. The lowest BCUT2D eigenvalue weighted by molar-refractivity contribution is -0.384. The highest BCUT2D eigenvalue weighted by atomic mass is 32.2. The first kappa shape index (κ1) is 15.0. The second-order valence-electron chi connectivity index (χ2n) is 4.53. The molecule has 0 spiro atoms. The standard InChI is InChI=1S/C12H14N4O4S/c1-8-12(9(2)15(3)13-8)21(19,20)14-10-4-6-11(7-5-10)16(17)18/h4-7,14H,1-3H3. The molecule has 0 fully saturated rings. The predicted octanol–water partition coefficient (Wildman–Crippen LogP) is 1.75. The summed E-state index contributed by atoms with van der Waals surface area (Å²) in [6.45, 7) is 3.27. The van der Waals surface area contributed by atoms with Gasteiger partial charge < -0.3 is 0 Å². The first-order valence-corrected chi connectivity index (χ1v) is 7.48. The molecule has 9 heteroatoms. The number of rotatable bonds is 4. The Labute approximate surface area is 121 Å². The van der Waals surface area contributed by atoms with Crippen molar-refractivity contribution in [3.63, 3.8) is 0 Å². The third kappa shape index (κ3) is 2.87. The van der Waals surface area contributed by atoms with Gasteiger partial charge in [-0.2, -0.15) is 5.10 Å². The van der Waals surface area contributed by atoms with Gasteiger partial charge in [0.05, 0.1) is 16.3 Å². The molecule has 0 aliphatic rings. The van der Waals surface area contributed by atoms with Crippen LogP contribution in [0.1, 0.15) is 11.4 Å². The Hall–Kier alpha value is -2.42. The minimum atomic E-state index is -3.79. The van der Waals surface area contributed by atoms with Crippen LogP contribution in [0.2, 0.25) is 0 Å². The van der Waals surface area contributed by atoms with Crippen molar-refractivity contribution < 1.29 is 13.3 Å². The number of benzene rings is 1. The highest BCUT2D eigenvalue weighted by Gasteiger charge is 2.23. The van der Waals surface area contributed by atoms with Crippen molar-refractivity contribution in [1.29, 1.82) is 0 Å². The lowest BCUT2D eigenvalue weighted by Crippen LogP contribution is -2.14. The van der Waals surface area contributed by atoms with Gasteiger partial charge in [-0.15, -0.1) is 0 Å². The number of hydrogen-bond donors (Lipinski definition) is 1. The van der Waals surface area contributed by atoms with Crippen molar-refractivity contribution in [3.05, 3.63) is 45.8 Å². The van der Waals surface area contributed by atoms with Crippen LogP contribution < -0.4 is 4.72 Å². The average molecular weight is 310 g/mol. The van der Waals surface area contributed by atoms with E-state index in [2.05, 4.69) is 9.82 Å². The normalized spacial score (nSPS) is 11.4. The lowest BCUT2D eigenvalue weighted by Gasteiger charge is -2.08. The van der Waals surface area contributed by atoms with Crippen LogP contribution in [0.4, 0.5) is 11.4 Å². The number of aryl methyl sites for hydroxylation is 2. The van der Waals surface area contributed by atoms with E-state index in [4.69, 9.17) is 0 Å². The molecule has 0 saturated carbocycles. The Morgan fingerprint density at radius 2 is 1.81 bits per heavy atom. The number of nitro benzene ring substituents is 1. The molecular weight excluding hydrogens is 296 g/mol. The lowest BCUT2D eigenvalue weighted by atomic mass is 10.3. The minimum Gasteiger partial charge on any atom is -0.280 e. The Balaban J connectivity index is 2.35. The number of non-ortho nitro benzene ring substituents is 1. The maximum Gasteiger partial charge on any atom is 0.269 e. The zero-order valence-corrected chi connectivity index (χ0v) is 12.5. The molecule has 8 nitrogen and oxygen atoms in total. The predicted molar refractivity (Wildman–Crippen MR) is 76.6 cm³/mol. The molecule has 0 bridgehead atoms. The fraction of sp³-hybridized carbons (Fsp3) is 0.250. The van der Waals surface area contributed by atoms with Crippen LogP contribution in [0.25, 0.3) is 0 Å². The molecule has 1 aromatic heterocycles. The van der Waals surface area contributed by atoms with Crippen LogP contribution in [0.15, 0.2) is 29.2 Å². The molecule has 0 radical (unpaired) electrons. The van der Waals surface area contributed by atoms with Gasteiger partial charge in [0.2, 0.25) is 0 Å². The van der Waals surface area contributed by atoms with Gasteiger partial charge in [-0.05, 0) is 26.0 Å². The summed E-state index contributed by atoms with van der Waals surface area (Å²) in [7, 11) is -2.13. The molecule has 1 heterocycles. The van der Waals surface area contributed by atoms with E-state index in [0.29, 0.717) is 11.4 Å². The summed E-state index contributed by atoms with van der Waals surface area (Å²) in [6.07, 6.45) is 0. The summed E-state index contributed by atoms with van der Waals surface area (Å²) < 4.78 is 28.6. The van der Waals surface area contributed by atoms with Gasteiger partial charge in [0.15, 0.2) is 0 Å². The van der Waals surface area contributed by atoms with Crippen molar-refractivity contribution in [2.45, 2.75) is 18.7 Å². The number of aromatic nitrogens is 2. The molecule has 112 valence electrons. The van der Waals surface area contributed by atoms with Gasteiger partial charge in [0.1, 0.15) is 4.90 Å². The molecule has 1 N–H and O–H groups in total. The van der Waals surface area contributed by atoms with Crippen LogP contribution in [0.3, 0.4) is 0 Å². The number of nitrogens with one attached hydrogen (secondary N) is 1. The van der Waals surface area contributed by atoms with E-state index in [-0.39, 0.29) is 16.3 Å². The number of anilines is 1. The van der Waals surface area contributed by atoms with E-state index in [9.17, 15) is 18.5 Å². The van der Waals surface area contributed by atoms with E-state index in [0.717, 1.165) is 0 Å². The number of nitro groups is 1. The van der Waals surface area contributed by atoms with E-state index in [1.54, 1.807) is 20.9 Å². The van der Waals surface area contributed by atoms with Crippen molar-refractivity contribution in [1.82, 2.24) is 9.78 Å². The molecule has 0 atom stereocenters. The van der Waals surface area contributed by atoms with Crippen LogP contribution in [-0.4, -0.2) is 23.1 Å². The van der Waals surface area contributed by atoms with Gasteiger partial charge in [-0.1, -0.05) is 0 Å². The van der Waals surface area contributed by atoms with Crippen molar-refractivity contribution in [2.24, 2.45) is 7.05 Å². The topological polar surface area (TPSA) is 107 Å².